The van der Waals surface area contributed by atoms with Gasteiger partial charge < -0.3 is 14.7 Å². The summed E-state index contributed by atoms with van der Waals surface area (Å²) >= 11 is 0. The second kappa shape index (κ2) is 6.79. The van der Waals surface area contributed by atoms with E-state index < -0.39 is 6.09 Å². The van der Waals surface area contributed by atoms with Gasteiger partial charge in [0.25, 0.3) is 0 Å². The third-order valence-electron chi connectivity index (χ3n) is 3.28. The SMILES string of the molecule is CC(CN(C)C(=O)O)c1cccc(Oc2ccccc2)c1. The fourth-order valence-corrected chi connectivity index (χ4v) is 2.10. The Hall–Kier alpha value is -2.49. The molecule has 0 aliphatic carbocycles. The Bertz CT molecular complexity index is 598. The number of likely N-dealkylation sites (N-methyl/N-ethyl adjacent to an activating group) is 1. The molecule has 110 valence electrons. The van der Waals surface area contributed by atoms with Gasteiger partial charge >= 0.3 is 6.09 Å². The molecule has 0 saturated heterocycles. The summed E-state index contributed by atoms with van der Waals surface area (Å²) in [5.41, 5.74) is 1.05. The Labute approximate surface area is 124 Å². The summed E-state index contributed by atoms with van der Waals surface area (Å²) < 4.78 is 5.79. The van der Waals surface area contributed by atoms with E-state index in [1.807, 2.05) is 61.5 Å². The first kappa shape index (κ1) is 14.9. The van der Waals surface area contributed by atoms with E-state index in [9.17, 15) is 4.79 Å². The molecule has 0 bridgehead atoms. The van der Waals surface area contributed by atoms with Crippen molar-refractivity contribution in [2.45, 2.75) is 12.8 Å². The van der Waals surface area contributed by atoms with Crippen LogP contribution in [0.5, 0.6) is 11.5 Å². The standard InChI is InChI=1S/C17H19NO3/c1-13(12-18(2)17(19)20)14-7-6-10-16(11-14)21-15-8-4-3-5-9-15/h3-11,13H,12H2,1-2H3,(H,19,20). The monoisotopic (exact) mass is 285 g/mol. The van der Waals surface area contributed by atoms with Crippen LogP contribution in [-0.4, -0.2) is 29.7 Å². The molecule has 0 aliphatic rings. The molecule has 2 rings (SSSR count). The van der Waals surface area contributed by atoms with Gasteiger partial charge in [-0.2, -0.15) is 0 Å². The van der Waals surface area contributed by atoms with Gasteiger partial charge in [-0.25, -0.2) is 4.79 Å². The van der Waals surface area contributed by atoms with Crippen LogP contribution < -0.4 is 4.74 Å². The lowest BCUT2D eigenvalue weighted by atomic mass is 10.0. The fraction of sp³-hybridized carbons (Fsp3) is 0.235. The number of carbonyl (C=O) groups is 1. The Morgan fingerprint density at radius 3 is 2.48 bits per heavy atom. The van der Waals surface area contributed by atoms with Gasteiger partial charge in [0.2, 0.25) is 0 Å². The van der Waals surface area contributed by atoms with E-state index in [-0.39, 0.29) is 5.92 Å². The Morgan fingerprint density at radius 2 is 1.81 bits per heavy atom. The number of rotatable bonds is 5. The molecule has 2 aromatic rings. The number of nitrogens with zero attached hydrogens (tertiary/aromatic N) is 1. The predicted molar refractivity (Wildman–Crippen MR) is 82.0 cm³/mol. The Balaban J connectivity index is 2.08. The number of ether oxygens (including phenoxy) is 1. The average Bonchev–Trinajstić information content (AvgIpc) is 2.48. The largest absolute Gasteiger partial charge is 0.465 e. The van der Waals surface area contributed by atoms with E-state index in [4.69, 9.17) is 9.84 Å². The topological polar surface area (TPSA) is 49.8 Å². The third kappa shape index (κ3) is 4.24. The predicted octanol–water partition coefficient (Wildman–Crippen LogP) is 4.19. The molecule has 0 spiro atoms. The Kier molecular flexibility index (Phi) is 4.82. The van der Waals surface area contributed by atoms with E-state index in [0.717, 1.165) is 17.1 Å². The number of hydrogen-bond acceptors (Lipinski definition) is 2. The van der Waals surface area contributed by atoms with Crippen LogP contribution in [-0.2, 0) is 0 Å². The Morgan fingerprint density at radius 1 is 1.14 bits per heavy atom. The summed E-state index contributed by atoms with van der Waals surface area (Å²) in [5, 5.41) is 8.93. The number of amides is 1. The van der Waals surface area contributed by atoms with Crippen molar-refractivity contribution in [1.82, 2.24) is 4.90 Å². The lowest BCUT2D eigenvalue weighted by Crippen LogP contribution is -2.28. The van der Waals surface area contributed by atoms with Crippen LogP contribution in [0.15, 0.2) is 54.6 Å². The van der Waals surface area contributed by atoms with Gasteiger partial charge in [0, 0.05) is 13.6 Å². The van der Waals surface area contributed by atoms with Crippen LogP contribution in [0.1, 0.15) is 18.4 Å². The minimum Gasteiger partial charge on any atom is -0.465 e. The molecule has 0 aliphatic heterocycles. The summed E-state index contributed by atoms with van der Waals surface area (Å²) in [5.74, 6) is 1.64. The maximum absolute atomic E-state index is 10.9. The zero-order chi connectivity index (χ0) is 15.2. The zero-order valence-electron chi connectivity index (χ0n) is 12.2. The van der Waals surface area contributed by atoms with Crippen molar-refractivity contribution in [3.63, 3.8) is 0 Å². The van der Waals surface area contributed by atoms with Crippen molar-refractivity contribution in [2.24, 2.45) is 0 Å². The highest BCUT2D eigenvalue weighted by Crippen LogP contribution is 2.25. The molecule has 0 radical (unpaired) electrons. The van der Waals surface area contributed by atoms with E-state index >= 15 is 0 Å². The highest BCUT2D eigenvalue weighted by Gasteiger charge is 2.13. The van der Waals surface area contributed by atoms with Crippen LogP contribution in [0.25, 0.3) is 0 Å². The molecule has 2 aromatic carbocycles. The van der Waals surface area contributed by atoms with Crippen LogP contribution in [0.3, 0.4) is 0 Å². The average molecular weight is 285 g/mol. The molecule has 21 heavy (non-hydrogen) atoms. The van der Waals surface area contributed by atoms with Gasteiger partial charge in [0.05, 0.1) is 0 Å². The molecule has 1 atom stereocenters. The second-order valence-corrected chi connectivity index (χ2v) is 5.05. The van der Waals surface area contributed by atoms with E-state index in [1.165, 1.54) is 4.90 Å². The lowest BCUT2D eigenvalue weighted by Gasteiger charge is -2.19. The first-order chi connectivity index (χ1) is 10.1. The summed E-state index contributed by atoms with van der Waals surface area (Å²) in [7, 11) is 1.57. The smallest absolute Gasteiger partial charge is 0.407 e. The molecule has 4 nitrogen and oxygen atoms in total. The van der Waals surface area contributed by atoms with Gasteiger partial charge in [0.1, 0.15) is 11.5 Å². The minimum atomic E-state index is -0.918. The van der Waals surface area contributed by atoms with Crippen molar-refractivity contribution in [3.05, 3.63) is 60.2 Å². The van der Waals surface area contributed by atoms with Crippen molar-refractivity contribution >= 4 is 6.09 Å². The maximum Gasteiger partial charge on any atom is 0.407 e. The zero-order valence-corrected chi connectivity index (χ0v) is 12.2. The summed E-state index contributed by atoms with van der Waals surface area (Å²) in [4.78, 5) is 12.2. The van der Waals surface area contributed by atoms with Crippen LogP contribution in [0, 0.1) is 0 Å². The minimum absolute atomic E-state index is 0.102. The summed E-state index contributed by atoms with van der Waals surface area (Å²) in [6.45, 7) is 2.45. The van der Waals surface area contributed by atoms with Gasteiger partial charge in [-0.15, -0.1) is 0 Å². The van der Waals surface area contributed by atoms with Crippen LogP contribution >= 0.6 is 0 Å². The fourth-order valence-electron chi connectivity index (χ4n) is 2.10. The molecule has 1 unspecified atom stereocenters. The molecule has 0 fully saturated rings. The molecule has 0 aromatic heterocycles. The van der Waals surface area contributed by atoms with Crippen LogP contribution in [0.4, 0.5) is 4.79 Å². The first-order valence-corrected chi connectivity index (χ1v) is 6.83. The van der Waals surface area contributed by atoms with Gasteiger partial charge in [-0.05, 0) is 35.7 Å². The molecule has 1 N–H and O–H groups in total. The number of carboxylic acid groups (broad SMARTS) is 1. The maximum atomic E-state index is 10.9. The highest BCUT2D eigenvalue weighted by molar-refractivity contribution is 5.64. The van der Waals surface area contributed by atoms with Crippen molar-refractivity contribution in [1.29, 1.82) is 0 Å². The molecular weight excluding hydrogens is 266 g/mol. The molecule has 0 saturated carbocycles. The van der Waals surface area contributed by atoms with Gasteiger partial charge in [0.15, 0.2) is 0 Å². The summed E-state index contributed by atoms with van der Waals surface area (Å²) in [6, 6.07) is 17.3. The molecular formula is C17H19NO3. The number of para-hydroxylation sites is 1. The second-order valence-electron chi connectivity index (χ2n) is 5.05. The van der Waals surface area contributed by atoms with Crippen molar-refractivity contribution in [3.8, 4) is 11.5 Å². The molecule has 4 heteroatoms. The first-order valence-electron chi connectivity index (χ1n) is 6.83. The number of benzene rings is 2. The van der Waals surface area contributed by atoms with E-state index in [0.29, 0.717) is 6.54 Å². The quantitative estimate of drug-likeness (QED) is 0.896. The van der Waals surface area contributed by atoms with E-state index in [2.05, 4.69) is 0 Å². The number of hydrogen-bond donors (Lipinski definition) is 1. The van der Waals surface area contributed by atoms with Crippen molar-refractivity contribution < 1.29 is 14.6 Å². The third-order valence-corrected chi connectivity index (χ3v) is 3.28. The molecule has 0 heterocycles. The lowest BCUT2D eigenvalue weighted by molar-refractivity contribution is 0.154. The van der Waals surface area contributed by atoms with Crippen LogP contribution in [0.2, 0.25) is 0 Å². The van der Waals surface area contributed by atoms with Gasteiger partial charge in [-0.3, -0.25) is 0 Å². The van der Waals surface area contributed by atoms with Crippen molar-refractivity contribution in [2.75, 3.05) is 13.6 Å². The normalized spacial score (nSPS) is 11.7. The van der Waals surface area contributed by atoms with E-state index in [1.54, 1.807) is 7.05 Å². The highest BCUT2D eigenvalue weighted by atomic mass is 16.5. The molecule has 1 amide bonds. The van der Waals surface area contributed by atoms with Gasteiger partial charge in [-0.1, -0.05) is 37.3 Å². The summed E-state index contributed by atoms with van der Waals surface area (Å²) in [6.07, 6.45) is -0.918.